The molecule has 2 aromatic carbocycles. The second-order valence-electron chi connectivity index (χ2n) is 9.04. The van der Waals surface area contributed by atoms with E-state index in [2.05, 4.69) is 68.6 Å². The Labute approximate surface area is 193 Å². The molecule has 1 heterocycles. The van der Waals surface area contributed by atoms with Crippen LogP contribution in [0.1, 0.15) is 46.1 Å². The van der Waals surface area contributed by atoms with Gasteiger partial charge in [-0.2, -0.15) is 4.58 Å². The van der Waals surface area contributed by atoms with Crippen LogP contribution in [0.5, 0.6) is 0 Å². The van der Waals surface area contributed by atoms with Crippen molar-refractivity contribution in [3.63, 3.8) is 0 Å². The molecule has 0 N–H and O–H groups in total. The number of hydrogen-bond acceptors (Lipinski definition) is 2. The standard InChI is InChI=1S/C28H36N3O/c1-7-8-19-31-26-18-17-24(29(5)6)21-25(26)28(3,4)27(31)16-12-13-20-30(22(2)32)23-14-10-9-11-15-23/h9-18,20-21H,7-8,19H2,1-6H3/q+1. The molecule has 0 fully saturated rings. The van der Waals surface area contributed by atoms with E-state index in [9.17, 15) is 4.79 Å². The van der Waals surface area contributed by atoms with E-state index in [0.29, 0.717) is 0 Å². The van der Waals surface area contributed by atoms with Crippen molar-refractivity contribution < 1.29 is 9.37 Å². The molecule has 4 heteroatoms. The molecule has 0 radical (unpaired) electrons. The molecule has 4 nitrogen and oxygen atoms in total. The molecule has 3 rings (SSSR count). The number of allylic oxidation sites excluding steroid dienone is 3. The van der Waals surface area contributed by atoms with Crippen molar-refractivity contribution in [2.75, 3.05) is 30.4 Å². The monoisotopic (exact) mass is 430 g/mol. The number of benzene rings is 2. The molecule has 168 valence electrons. The molecule has 0 atom stereocenters. The van der Waals surface area contributed by atoms with Gasteiger partial charge in [-0.25, -0.2) is 0 Å². The third-order valence-electron chi connectivity index (χ3n) is 6.10. The fourth-order valence-electron chi connectivity index (χ4n) is 4.24. The Kier molecular flexibility index (Phi) is 7.34. The van der Waals surface area contributed by atoms with E-state index < -0.39 is 0 Å². The number of rotatable bonds is 8. The third-order valence-corrected chi connectivity index (χ3v) is 6.10. The number of anilines is 2. The maximum absolute atomic E-state index is 12.1. The van der Waals surface area contributed by atoms with Gasteiger partial charge in [0.15, 0.2) is 5.71 Å². The quantitative estimate of drug-likeness (QED) is 0.376. The highest BCUT2D eigenvalue weighted by Gasteiger charge is 2.44. The highest BCUT2D eigenvalue weighted by Crippen LogP contribution is 2.41. The Hall–Kier alpha value is -3.14. The number of nitrogens with zero attached hydrogens (tertiary/aromatic N) is 3. The number of hydrogen-bond donors (Lipinski definition) is 0. The zero-order chi connectivity index (χ0) is 23.3. The van der Waals surface area contributed by atoms with Crippen molar-refractivity contribution >= 4 is 28.7 Å². The minimum absolute atomic E-state index is 0.0112. The SMILES string of the molecule is CCCC[N+]1=C(/C=C/C=C/N(C(C)=O)c2ccccc2)C(C)(C)c2cc(N(C)C)ccc21. The largest absolute Gasteiger partial charge is 0.378 e. The molecule has 0 spiro atoms. The summed E-state index contributed by atoms with van der Waals surface area (Å²) in [5.41, 5.74) is 5.93. The third kappa shape index (κ3) is 4.85. The normalized spacial score (nSPS) is 14.9. The lowest BCUT2D eigenvalue weighted by Crippen LogP contribution is -2.28. The van der Waals surface area contributed by atoms with Crippen LogP contribution in [0.15, 0.2) is 73.0 Å². The van der Waals surface area contributed by atoms with Crippen LogP contribution in [0.4, 0.5) is 17.1 Å². The Balaban J connectivity index is 1.94. The highest BCUT2D eigenvalue weighted by molar-refractivity contribution is 6.03. The topological polar surface area (TPSA) is 26.6 Å². The minimum atomic E-state index is -0.0981. The van der Waals surface area contributed by atoms with Gasteiger partial charge in [-0.05, 0) is 44.2 Å². The summed E-state index contributed by atoms with van der Waals surface area (Å²) in [7, 11) is 4.17. The van der Waals surface area contributed by atoms with Gasteiger partial charge in [-0.15, -0.1) is 0 Å². The first-order chi connectivity index (χ1) is 15.3. The van der Waals surface area contributed by atoms with Gasteiger partial charge in [-0.1, -0.05) is 37.6 Å². The van der Waals surface area contributed by atoms with Gasteiger partial charge in [0.1, 0.15) is 6.54 Å². The zero-order valence-corrected chi connectivity index (χ0v) is 20.3. The molecular formula is C28H36N3O+. The summed E-state index contributed by atoms with van der Waals surface area (Å²) >= 11 is 0. The van der Waals surface area contributed by atoms with Crippen molar-refractivity contribution in [3.8, 4) is 0 Å². The van der Waals surface area contributed by atoms with Gasteiger partial charge in [0.25, 0.3) is 0 Å². The van der Waals surface area contributed by atoms with E-state index in [1.165, 1.54) is 22.6 Å². The number of carbonyl (C=O) groups is 1. The number of para-hydroxylation sites is 1. The predicted octanol–water partition coefficient (Wildman–Crippen LogP) is 6.05. The maximum Gasteiger partial charge on any atom is 0.227 e. The van der Waals surface area contributed by atoms with Crippen LogP contribution in [0.2, 0.25) is 0 Å². The lowest BCUT2D eigenvalue weighted by Gasteiger charge is -2.18. The highest BCUT2D eigenvalue weighted by atomic mass is 16.2. The van der Waals surface area contributed by atoms with E-state index in [4.69, 9.17) is 0 Å². The molecule has 0 saturated heterocycles. The minimum Gasteiger partial charge on any atom is -0.378 e. The van der Waals surface area contributed by atoms with Crippen LogP contribution < -0.4 is 9.80 Å². The van der Waals surface area contributed by atoms with E-state index in [1.807, 2.05) is 48.7 Å². The maximum atomic E-state index is 12.1. The predicted molar refractivity (Wildman–Crippen MR) is 136 cm³/mol. The van der Waals surface area contributed by atoms with Crippen LogP contribution in [0.3, 0.4) is 0 Å². The number of unbranched alkanes of at least 4 members (excludes halogenated alkanes) is 1. The zero-order valence-electron chi connectivity index (χ0n) is 20.3. The van der Waals surface area contributed by atoms with Crippen LogP contribution in [-0.2, 0) is 10.2 Å². The molecule has 0 unspecified atom stereocenters. The molecule has 0 aromatic heterocycles. The van der Waals surface area contributed by atoms with Crippen LogP contribution in [0, 0.1) is 0 Å². The van der Waals surface area contributed by atoms with Gasteiger partial charge in [-0.3, -0.25) is 9.69 Å². The molecular weight excluding hydrogens is 394 g/mol. The van der Waals surface area contributed by atoms with Gasteiger partial charge in [0, 0.05) is 62.7 Å². The molecule has 0 bridgehead atoms. The van der Waals surface area contributed by atoms with Crippen LogP contribution >= 0.6 is 0 Å². The fourth-order valence-corrected chi connectivity index (χ4v) is 4.24. The molecule has 0 aliphatic carbocycles. The number of amides is 1. The Morgan fingerprint density at radius 2 is 1.75 bits per heavy atom. The van der Waals surface area contributed by atoms with E-state index in [1.54, 1.807) is 11.8 Å². The summed E-state index contributed by atoms with van der Waals surface area (Å²) in [6.45, 7) is 9.41. The molecule has 1 aliphatic rings. The van der Waals surface area contributed by atoms with E-state index in [0.717, 1.165) is 25.1 Å². The van der Waals surface area contributed by atoms with E-state index in [-0.39, 0.29) is 11.3 Å². The lowest BCUT2D eigenvalue weighted by molar-refractivity contribution is -0.438. The Morgan fingerprint density at radius 3 is 2.38 bits per heavy atom. The van der Waals surface area contributed by atoms with E-state index >= 15 is 0 Å². The molecule has 2 aromatic rings. The first-order valence-corrected chi connectivity index (χ1v) is 11.4. The second kappa shape index (κ2) is 9.99. The summed E-state index contributed by atoms with van der Waals surface area (Å²) in [5.74, 6) is -0.0112. The van der Waals surface area contributed by atoms with Crippen LogP contribution in [0.25, 0.3) is 0 Å². The van der Waals surface area contributed by atoms with Crippen LogP contribution in [-0.4, -0.2) is 36.8 Å². The van der Waals surface area contributed by atoms with Gasteiger partial charge < -0.3 is 4.90 Å². The van der Waals surface area contributed by atoms with Gasteiger partial charge in [0.2, 0.25) is 11.6 Å². The van der Waals surface area contributed by atoms with Crippen molar-refractivity contribution in [1.82, 2.24) is 0 Å². The summed E-state index contributed by atoms with van der Waals surface area (Å²) in [6.07, 6.45) is 10.3. The molecule has 0 saturated carbocycles. The lowest BCUT2D eigenvalue weighted by atomic mass is 9.81. The molecule has 1 aliphatic heterocycles. The smallest absolute Gasteiger partial charge is 0.227 e. The summed E-state index contributed by atoms with van der Waals surface area (Å²) < 4.78 is 2.46. The van der Waals surface area contributed by atoms with Gasteiger partial charge in [0.05, 0.1) is 5.41 Å². The van der Waals surface area contributed by atoms with Crippen molar-refractivity contribution in [2.24, 2.45) is 0 Å². The van der Waals surface area contributed by atoms with Gasteiger partial charge >= 0.3 is 0 Å². The molecule has 1 amide bonds. The average Bonchev–Trinajstić information content (AvgIpc) is 2.98. The Bertz CT molecular complexity index is 1050. The Morgan fingerprint density at radius 1 is 1.03 bits per heavy atom. The van der Waals surface area contributed by atoms with Crippen molar-refractivity contribution in [2.45, 2.75) is 46.0 Å². The average molecular weight is 431 g/mol. The summed E-state index contributed by atoms with van der Waals surface area (Å²) in [4.78, 5) is 16.0. The first kappa shape index (κ1) is 23.5. The van der Waals surface area contributed by atoms with Crippen molar-refractivity contribution in [1.29, 1.82) is 0 Å². The molecule has 32 heavy (non-hydrogen) atoms. The summed E-state index contributed by atoms with van der Waals surface area (Å²) in [6, 6.07) is 16.5. The fraction of sp³-hybridized carbons (Fsp3) is 0.357. The second-order valence-corrected chi connectivity index (χ2v) is 9.04. The number of carbonyl (C=O) groups excluding carboxylic acids is 1. The number of fused-ring (bicyclic) bond motifs is 1. The van der Waals surface area contributed by atoms with Crippen molar-refractivity contribution in [3.05, 3.63) is 78.5 Å². The first-order valence-electron chi connectivity index (χ1n) is 11.4. The summed E-state index contributed by atoms with van der Waals surface area (Å²) in [5, 5.41) is 0.